The maximum absolute atomic E-state index is 12.5. The number of rotatable bonds is 8. The molecule has 1 unspecified atom stereocenters. The second-order valence-corrected chi connectivity index (χ2v) is 13.0. The number of nitrogens with one attached hydrogen (secondary N) is 2. The van der Waals surface area contributed by atoms with Gasteiger partial charge in [-0.15, -0.1) is 0 Å². The van der Waals surface area contributed by atoms with Crippen LogP contribution in [-0.2, 0) is 16.0 Å². The quantitative estimate of drug-likeness (QED) is 0.381. The van der Waals surface area contributed by atoms with Gasteiger partial charge in [0, 0.05) is 58.5 Å². The van der Waals surface area contributed by atoms with Crippen LogP contribution >= 0.6 is 0 Å². The number of likely N-dealkylation sites (N-methyl/N-ethyl adjacent to an activating group) is 2. The van der Waals surface area contributed by atoms with Gasteiger partial charge in [-0.1, -0.05) is 18.2 Å². The molecular weight excluding hydrogens is 528 g/mol. The zero-order valence-electron chi connectivity index (χ0n) is 26.2. The molecule has 228 valence electrons. The number of aromatic nitrogens is 2. The number of H-pyrrole nitrogens is 1. The number of aromatic amines is 1. The molecule has 0 spiro atoms. The minimum atomic E-state index is -0.502. The van der Waals surface area contributed by atoms with Crippen molar-refractivity contribution in [2.24, 2.45) is 0 Å². The number of morpholine rings is 1. The fraction of sp³-hybridized carbons (Fsp3) is 0.576. The van der Waals surface area contributed by atoms with Gasteiger partial charge in [-0.05, 0) is 88.4 Å². The lowest BCUT2D eigenvalue weighted by Crippen LogP contribution is -2.38. The van der Waals surface area contributed by atoms with E-state index in [9.17, 15) is 4.79 Å². The molecule has 2 N–H and O–H groups in total. The molecule has 5 rings (SSSR count). The Bertz CT molecular complexity index is 1350. The predicted molar refractivity (Wildman–Crippen MR) is 168 cm³/mol. The Balaban J connectivity index is 1.35. The van der Waals surface area contributed by atoms with Gasteiger partial charge in [0.05, 0.1) is 17.6 Å². The average Bonchev–Trinajstić information content (AvgIpc) is 3.40. The summed E-state index contributed by atoms with van der Waals surface area (Å²) in [4.78, 5) is 27.7. The Morgan fingerprint density at radius 3 is 2.62 bits per heavy atom. The number of carbonyl (C=O) groups excluding carboxylic acids is 1. The minimum Gasteiger partial charge on any atom is -0.444 e. The molecule has 1 aromatic heterocycles. The van der Waals surface area contributed by atoms with Crippen LogP contribution < -0.4 is 10.2 Å². The molecule has 2 fully saturated rings. The fourth-order valence-corrected chi connectivity index (χ4v) is 6.02. The summed E-state index contributed by atoms with van der Waals surface area (Å²) in [6.07, 6.45) is 1.81. The van der Waals surface area contributed by atoms with Gasteiger partial charge in [-0.2, -0.15) is 0 Å². The third kappa shape index (κ3) is 7.43. The van der Waals surface area contributed by atoms with Crippen LogP contribution in [-0.4, -0.2) is 91.4 Å². The summed E-state index contributed by atoms with van der Waals surface area (Å²) in [5.74, 6) is 1.32. The van der Waals surface area contributed by atoms with Gasteiger partial charge < -0.3 is 34.5 Å². The molecule has 1 atom stereocenters. The third-order valence-electron chi connectivity index (χ3n) is 8.27. The van der Waals surface area contributed by atoms with Gasteiger partial charge in [-0.3, -0.25) is 0 Å². The number of carbonyl (C=O) groups is 1. The van der Waals surface area contributed by atoms with E-state index in [1.165, 1.54) is 22.4 Å². The number of ether oxygens (including phenoxy) is 2. The number of hydrogen-bond acceptors (Lipinski definition) is 7. The molecule has 1 amide bonds. The topological polar surface area (TPSA) is 86.0 Å². The molecule has 0 aliphatic carbocycles. The molecule has 2 aliphatic rings. The number of anilines is 1. The van der Waals surface area contributed by atoms with Gasteiger partial charge in [0.1, 0.15) is 17.5 Å². The minimum absolute atomic E-state index is 0.0586. The number of benzene rings is 2. The van der Waals surface area contributed by atoms with Crippen molar-refractivity contribution in [2.45, 2.75) is 64.7 Å². The van der Waals surface area contributed by atoms with Gasteiger partial charge in [0.15, 0.2) is 0 Å². The van der Waals surface area contributed by atoms with E-state index in [4.69, 9.17) is 14.5 Å². The second-order valence-electron chi connectivity index (χ2n) is 13.0. The van der Waals surface area contributed by atoms with Crippen molar-refractivity contribution >= 4 is 22.8 Å². The van der Waals surface area contributed by atoms with Crippen molar-refractivity contribution < 1.29 is 14.3 Å². The molecule has 0 saturated carbocycles. The molecule has 0 bridgehead atoms. The van der Waals surface area contributed by atoms with Crippen LogP contribution in [0.15, 0.2) is 36.4 Å². The third-order valence-corrected chi connectivity index (χ3v) is 8.27. The van der Waals surface area contributed by atoms with E-state index in [2.05, 4.69) is 70.5 Å². The van der Waals surface area contributed by atoms with Crippen LogP contribution in [0.4, 0.5) is 10.5 Å². The summed E-state index contributed by atoms with van der Waals surface area (Å²) < 4.78 is 11.6. The Hall–Kier alpha value is -3.14. The molecule has 2 saturated heterocycles. The lowest BCUT2D eigenvalue weighted by atomic mass is 9.85. The second kappa shape index (κ2) is 13.0. The van der Waals surface area contributed by atoms with Crippen LogP contribution in [0.3, 0.4) is 0 Å². The van der Waals surface area contributed by atoms with E-state index in [0.717, 1.165) is 69.0 Å². The summed E-state index contributed by atoms with van der Waals surface area (Å²) in [7, 11) is 3.92. The first-order chi connectivity index (χ1) is 20.1. The standard InChI is InChI=1S/C33H48N6O3/c1-23-8-7-9-26(20-23)39-15-12-24(13-16-39)29-25(22-37(5)17-18-38(6)32(40)42-33(2,3)4)10-11-27-30(29)36-31(35-27)28-21-34-14-19-41-28/h7-11,20,24,28,34H,12-19,21-22H2,1-6H3,(H,35,36). The van der Waals surface area contributed by atoms with Crippen molar-refractivity contribution in [3.63, 3.8) is 0 Å². The smallest absolute Gasteiger partial charge is 0.410 e. The lowest BCUT2D eigenvalue weighted by Gasteiger charge is -2.35. The number of hydrogen-bond donors (Lipinski definition) is 2. The Morgan fingerprint density at radius 1 is 1.14 bits per heavy atom. The lowest BCUT2D eigenvalue weighted by molar-refractivity contribution is 0.0228. The Labute approximate surface area is 250 Å². The molecule has 9 heteroatoms. The highest BCUT2D eigenvalue weighted by atomic mass is 16.6. The summed E-state index contributed by atoms with van der Waals surface area (Å²) in [6, 6.07) is 13.3. The van der Waals surface area contributed by atoms with Crippen LogP contribution in [0.5, 0.6) is 0 Å². The largest absolute Gasteiger partial charge is 0.444 e. The average molecular weight is 577 g/mol. The molecule has 3 aromatic rings. The first kappa shape index (κ1) is 30.3. The van der Waals surface area contributed by atoms with Crippen LogP contribution in [0.2, 0.25) is 0 Å². The molecule has 0 radical (unpaired) electrons. The van der Waals surface area contributed by atoms with E-state index in [0.29, 0.717) is 19.1 Å². The van der Waals surface area contributed by atoms with Crippen LogP contribution in [0.1, 0.15) is 68.1 Å². The first-order valence-corrected chi connectivity index (χ1v) is 15.4. The predicted octanol–water partition coefficient (Wildman–Crippen LogP) is 5.21. The zero-order valence-corrected chi connectivity index (χ0v) is 26.2. The summed E-state index contributed by atoms with van der Waals surface area (Å²) in [6.45, 7) is 14.3. The SMILES string of the molecule is Cc1cccc(N2CCC(c3c(CN(C)CCN(C)C(=O)OC(C)(C)C)ccc4[nH]c(C5CNCCO5)nc34)CC2)c1. The van der Waals surface area contributed by atoms with Gasteiger partial charge in [0.2, 0.25) is 0 Å². The maximum atomic E-state index is 12.5. The van der Waals surface area contributed by atoms with Gasteiger partial charge >= 0.3 is 6.09 Å². The molecule has 9 nitrogen and oxygen atoms in total. The summed E-state index contributed by atoms with van der Waals surface area (Å²) in [5, 5.41) is 3.43. The van der Waals surface area contributed by atoms with Crippen molar-refractivity contribution in [3.05, 3.63) is 58.9 Å². The van der Waals surface area contributed by atoms with Gasteiger partial charge in [0.25, 0.3) is 0 Å². The number of aryl methyl sites for hydroxylation is 1. The van der Waals surface area contributed by atoms with Crippen LogP contribution in [0.25, 0.3) is 11.0 Å². The number of piperidine rings is 1. The molecule has 2 aliphatic heterocycles. The van der Waals surface area contributed by atoms with E-state index in [-0.39, 0.29) is 12.2 Å². The Morgan fingerprint density at radius 2 is 1.93 bits per heavy atom. The molecule has 42 heavy (non-hydrogen) atoms. The normalized spacial score (nSPS) is 18.5. The van der Waals surface area contributed by atoms with Crippen molar-refractivity contribution in [2.75, 3.05) is 64.9 Å². The van der Waals surface area contributed by atoms with Crippen LogP contribution in [0, 0.1) is 6.92 Å². The molecule has 2 aromatic carbocycles. The monoisotopic (exact) mass is 576 g/mol. The highest BCUT2D eigenvalue weighted by Gasteiger charge is 2.28. The first-order valence-electron chi connectivity index (χ1n) is 15.4. The Kier molecular flexibility index (Phi) is 9.40. The summed E-state index contributed by atoms with van der Waals surface area (Å²) in [5.41, 5.74) is 6.92. The van der Waals surface area contributed by atoms with E-state index in [1.807, 2.05) is 20.8 Å². The zero-order chi connectivity index (χ0) is 29.9. The van der Waals surface area contributed by atoms with Crippen molar-refractivity contribution in [1.29, 1.82) is 0 Å². The van der Waals surface area contributed by atoms with Crippen molar-refractivity contribution in [1.82, 2.24) is 25.1 Å². The highest BCUT2D eigenvalue weighted by molar-refractivity contribution is 5.81. The molecular formula is C33H48N6O3. The van der Waals surface area contributed by atoms with E-state index >= 15 is 0 Å². The summed E-state index contributed by atoms with van der Waals surface area (Å²) >= 11 is 0. The number of amides is 1. The number of imidazole rings is 1. The molecule has 3 heterocycles. The maximum Gasteiger partial charge on any atom is 0.410 e. The van der Waals surface area contributed by atoms with E-state index in [1.54, 1.807) is 11.9 Å². The van der Waals surface area contributed by atoms with Crippen molar-refractivity contribution in [3.8, 4) is 0 Å². The van der Waals surface area contributed by atoms with E-state index < -0.39 is 5.60 Å². The fourth-order valence-electron chi connectivity index (χ4n) is 6.02. The highest BCUT2D eigenvalue weighted by Crippen LogP contribution is 2.37. The number of fused-ring (bicyclic) bond motifs is 1. The van der Waals surface area contributed by atoms with Gasteiger partial charge in [-0.25, -0.2) is 9.78 Å². The number of nitrogens with zero attached hydrogens (tertiary/aromatic N) is 4.